The summed E-state index contributed by atoms with van der Waals surface area (Å²) >= 11 is 0. The number of hydrogen-bond acceptors (Lipinski definition) is 3. The van der Waals surface area contributed by atoms with E-state index in [-0.39, 0.29) is 11.9 Å². The van der Waals surface area contributed by atoms with E-state index >= 15 is 0 Å². The predicted molar refractivity (Wildman–Crippen MR) is 78.2 cm³/mol. The highest BCUT2D eigenvalue weighted by atomic mass is 16.5. The number of rotatable bonds is 8. The minimum absolute atomic E-state index is 0.240. The fourth-order valence-electron chi connectivity index (χ4n) is 2.49. The van der Waals surface area contributed by atoms with Gasteiger partial charge in [0, 0.05) is 19.2 Å². The van der Waals surface area contributed by atoms with Crippen LogP contribution in [0.2, 0.25) is 0 Å². The Morgan fingerprint density at radius 3 is 2.58 bits per heavy atom. The van der Waals surface area contributed by atoms with Gasteiger partial charge in [0.15, 0.2) is 0 Å². The van der Waals surface area contributed by atoms with E-state index in [0.717, 1.165) is 32.7 Å². The van der Waals surface area contributed by atoms with Crippen LogP contribution in [-0.2, 0) is 9.53 Å². The summed E-state index contributed by atoms with van der Waals surface area (Å²) in [7, 11) is 0. The summed E-state index contributed by atoms with van der Waals surface area (Å²) in [6.07, 6.45) is 3.89. The first kappa shape index (κ1) is 16.4. The number of amides is 1. The van der Waals surface area contributed by atoms with E-state index in [9.17, 15) is 4.79 Å². The summed E-state index contributed by atoms with van der Waals surface area (Å²) in [6, 6.07) is 0.286. The second-order valence-corrected chi connectivity index (χ2v) is 5.70. The second-order valence-electron chi connectivity index (χ2n) is 5.70. The van der Waals surface area contributed by atoms with Gasteiger partial charge < -0.3 is 15.0 Å². The van der Waals surface area contributed by atoms with Crippen LogP contribution in [-0.4, -0.2) is 49.7 Å². The van der Waals surface area contributed by atoms with Crippen LogP contribution in [0.4, 0.5) is 0 Å². The van der Waals surface area contributed by atoms with E-state index in [1.807, 2.05) is 4.90 Å². The molecule has 1 amide bonds. The molecule has 0 radical (unpaired) electrons. The number of carbonyl (C=O) groups is 1. The Balaban J connectivity index is 2.35. The minimum atomic E-state index is 0.240. The van der Waals surface area contributed by atoms with Gasteiger partial charge in [0.1, 0.15) is 0 Å². The highest BCUT2D eigenvalue weighted by molar-refractivity contribution is 5.76. The van der Waals surface area contributed by atoms with Crippen molar-refractivity contribution in [2.45, 2.75) is 52.5 Å². The molecular formula is C15H30N2O2. The van der Waals surface area contributed by atoms with E-state index in [1.165, 1.54) is 12.8 Å². The zero-order chi connectivity index (χ0) is 14.1. The van der Waals surface area contributed by atoms with Gasteiger partial charge in [-0.05, 0) is 52.1 Å². The molecule has 0 aromatic rings. The van der Waals surface area contributed by atoms with Crippen molar-refractivity contribution in [1.82, 2.24) is 10.2 Å². The topological polar surface area (TPSA) is 41.6 Å². The Hall–Kier alpha value is -0.610. The number of piperidine rings is 1. The Labute approximate surface area is 117 Å². The van der Waals surface area contributed by atoms with Crippen LogP contribution in [0.25, 0.3) is 0 Å². The quantitative estimate of drug-likeness (QED) is 0.686. The van der Waals surface area contributed by atoms with Gasteiger partial charge in [0.05, 0.1) is 13.0 Å². The van der Waals surface area contributed by atoms with Crippen molar-refractivity contribution in [3.8, 4) is 0 Å². The van der Waals surface area contributed by atoms with Crippen molar-refractivity contribution in [3.63, 3.8) is 0 Å². The standard InChI is InChI=1S/C15H30N2O2/c1-4-10-19-11-7-15(18)17(13(2)3)12-14-5-8-16-9-6-14/h13-14,16H,4-12H2,1-3H3. The lowest BCUT2D eigenvalue weighted by Gasteiger charge is -2.33. The lowest BCUT2D eigenvalue weighted by Crippen LogP contribution is -2.43. The maximum absolute atomic E-state index is 12.3. The molecule has 0 aromatic carbocycles. The van der Waals surface area contributed by atoms with Crippen molar-refractivity contribution < 1.29 is 9.53 Å². The molecule has 0 unspecified atom stereocenters. The molecule has 1 saturated heterocycles. The zero-order valence-electron chi connectivity index (χ0n) is 12.8. The smallest absolute Gasteiger partial charge is 0.225 e. The largest absolute Gasteiger partial charge is 0.381 e. The lowest BCUT2D eigenvalue weighted by molar-refractivity contribution is -0.134. The zero-order valence-corrected chi connectivity index (χ0v) is 12.8. The highest BCUT2D eigenvalue weighted by Gasteiger charge is 2.22. The first-order valence-corrected chi connectivity index (χ1v) is 7.73. The van der Waals surface area contributed by atoms with E-state index in [0.29, 0.717) is 18.9 Å². The van der Waals surface area contributed by atoms with Crippen LogP contribution < -0.4 is 5.32 Å². The van der Waals surface area contributed by atoms with Crippen LogP contribution in [0, 0.1) is 5.92 Å². The molecule has 1 N–H and O–H groups in total. The molecule has 4 heteroatoms. The molecular weight excluding hydrogens is 240 g/mol. The molecule has 0 aliphatic carbocycles. The molecule has 0 aromatic heterocycles. The molecule has 0 spiro atoms. The SMILES string of the molecule is CCCOCCC(=O)N(CC1CCNCC1)C(C)C. The Morgan fingerprint density at radius 1 is 1.32 bits per heavy atom. The molecule has 19 heavy (non-hydrogen) atoms. The second kappa shape index (κ2) is 9.32. The average molecular weight is 270 g/mol. The third-order valence-corrected chi connectivity index (χ3v) is 3.67. The van der Waals surface area contributed by atoms with Crippen LogP contribution in [0.5, 0.6) is 0 Å². The number of hydrogen-bond donors (Lipinski definition) is 1. The van der Waals surface area contributed by atoms with E-state index in [4.69, 9.17) is 4.74 Å². The van der Waals surface area contributed by atoms with Crippen LogP contribution in [0.15, 0.2) is 0 Å². The van der Waals surface area contributed by atoms with Crippen molar-refractivity contribution in [2.75, 3.05) is 32.8 Å². The van der Waals surface area contributed by atoms with E-state index in [2.05, 4.69) is 26.1 Å². The maximum Gasteiger partial charge on any atom is 0.225 e. The molecule has 1 aliphatic rings. The molecule has 1 rings (SSSR count). The summed E-state index contributed by atoms with van der Waals surface area (Å²) in [5.41, 5.74) is 0. The number of nitrogens with zero attached hydrogens (tertiary/aromatic N) is 1. The number of ether oxygens (including phenoxy) is 1. The maximum atomic E-state index is 12.3. The Bertz CT molecular complexity index is 251. The molecule has 112 valence electrons. The highest BCUT2D eigenvalue weighted by Crippen LogP contribution is 2.16. The fourth-order valence-corrected chi connectivity index (χ4v) is 2.49. The third-order valence-electron chi connectivity index (χ3n) is 3.67. The van der Waals surface area contributed by atoms with E-state index < -0.39 is 0 Å². The molecule has 4 nitrogen and oxygen atoms in total. The summed E-state index contributed by atoms with van der Waals surface area (Å²) in [5.74, 6) is 0.897. The van der Waals surface area contributed by atoms with Crippen LogP contribution >= 0.6 is 0 Å². The normalized spacial score (nSPS) is 16.8. The monoisotopic (exact) mass is 270 g/mol. The number of nitrogens with one attached hydrogen (secondary N) is 1. The summed E-state index contributed by atoms with van der Waals surface area (Å²) in [4.78, 5) is 14.3. The van der Waals surface area contributed by atoms with Gasteiger partial charge in [0.25, 0.3) is 0 Å². The van der Waals surface area contributed by atoms with Gasteiger partial charge in [-0.1, -0.05) is 6.92 Å². The third kappa shape index (κ3) is 6.39. The summed E-state index contributed by atoms with van der Waals surface area (Å²) in [5, 5.41) is 3.37. The van der Waals surface area contributed by atoms with Gasteiger partial charge >= 0.3 is 0 Å². The number of carbonyl (C=O) groups excluding carboxylic acids is 1. The van der Waals surface area contributed by atoms with Crippen molar-refractivity contribution in [2.24, 2.45) is 5.92 Å². The van der Waals surface area contributed by atoms with Gasteiger partial charge in [-0.15, -0.1) is 0 Å². The van der Waals surface area contributed by atoms with Gasteiger partial charge in [-0.2, -0.15) is 0 Å². The first-order chi connectivity index (χ1) is 9.15. The summed E-state index contributed by atoms with van der Waals surface area (Å²) in [6.45, 7) is 10.7. The van der Waals surface area contributed by atoms with Crippen molar-refractivity contribution in [3.05, 3.63) is 0 Å². The molecule has 0 saturated carbocycles. The van der Waals surface area contributed by atoms with Crippen LogP contribution in [0.1, 0.15) is 46.5 Å². The molecule has 1 aliphatic heterocycles. The summed E-state index contributed by atoms with van der Waals surface area (Å²) < 4.78 is 5.42. The average Bonchev–Trinajstić information content (AvgIpc) is 2.41. The molecule has 1 heterocycles. The van der Waals surface area contributed by atoms with Crippen LogP contribution in [0.3, 0.4) is 0 Å². The van der Waals surface area contributed by atoms with Crippen molar-refractivity contribution >= 4 is 5.91 Å². The predicted octanol–water partition coefficient (Wildman–Crippen LogP) is 2.04. The van der Waals surface area contributed by atoms with Gasteiger partial charge in [-0.25, -0.2) is 0 Å². The lowest BCUT2D eigenvalue weighted by atomic mass is 9.97. The molecule has 0 atom stereocenters. The fraction of sp³-hybridized carbons (Fsp3) is 0.933. The van der Waals surface area contributed by atoms with E-state index in [1.54, 1.807) is 0 Å². The first-order valence-electron chi connectivity index (χ1n) is 7.73. The van der Waals surface area contributed by atoms with Gasteiger partial charge in [-0.3, -0.25) is 4.79 Å². The molecule has 0 bridgehead atoms. The Morgan fingerprint density at radius 2 is 2.00 bits per heavy atom. The van der Waals surface area contributed by atoms with Gasteiger partial charge in [0.2, 0.25) is 5.91 Å². The minimum Gasteiger partial charge on any atom is -0.381 e. The van der Waals surface area contributed by atoms with Crippen molar-refractivity contribution in [1.29, 1.82) is 0 Å². The molecule has 1 fully saturated rings. The Kier molecular flexibility index (Phi) is 8.07.